The molecule has 6 aliphatic heterocycles. The summed E-state index contributed by atoms with van der Waals surface area (Å²) in [6.45, 7) is 28.0. The number of primary sulfonamides is 1. The van der Waals surface area contributed by atoms with Crippen molar-refractivity contribution in [3.05, 3.63) is 300 Å². The Kier molecular flexibility index (Phi) is 35.8. The number of anilines is 11. The number of Topliss-reactive ketones (excluding diaryl/α,β-unsaturated/α-hetero) is 1. The van der Waals surface area contributed by atoms with E-state index in [1.807, 2.05) is 67.7 Å². The molecule has 0 spiro atoms. The third-order valence-electron chi connectivity index (χ3n) is 26.1. The number of nitrogens with zero attached hydrogens (tertiary/aromatic N) is 13. The number of carbonyl (C=O) groups excluding carboxylic acids is 1. The van der Waals surface area contributed by atoms with E-state index in [-0.39, 0.29) is 62.7 Å². The first-order valence-corrected chi connectivity index (χ1v) is 55.9. The van der Waals surface area contributed by atoms with Gasteiger partial charge in [0, 0.05) is 159 Å². The van der Waals surface area contributed by atoms with E-state index in [0.717, 1.165) is 193 Å². The number of hydrogen-bond donors (Lipinski definition) is 7. The molecule has 146 heavy (non-hydrogen) atoms. The fourth-order valence-electron chi connectivity index (χ4n) is 17.4. The number of aromatic nitrogens is 8. The summed E-state index contributed by atoms with van der Waals surface area (Å²) in [6, 6.07) is 55.0. The van der Waals surface area contributed by atoms with Crippen LogP contribution in [0.5, 0.6) is 0 Å². The standard InChI is InChI=1S/C30H35ClF2N4O3S.C28H35N5O3S.C27H34N6O3S.C22H25N5O3S/c1-30(2,3)41(39,40)18-21-13-20(5-8-24(21)31)14-27-26(33)17-34-29(36-27)35-22-6-7-23(25(32)16-22)28(38)15-19-9-11-37(4)12-10-19;1-20(2)37(34,35)19-22-6-4-5-21(15-22)16-26-25-17-36-18-27(25)31-28(30-26)29-23-7-9-24(10-8-23)33-13-11-32(3)12-14-33;1-19(2)31-37(34,35)23-6-4-5-20(15-23)16-25-24-17-36-18-26(24)30-27(29-25)28-21-7-9-22(10-8-21)33-13-11-32(3)12-14-33;1-2-10-24-16-6-8-17(9-7-16)25-22-26-20(19-13-30-14-21(19)27-22)12-15-4-3-5-18(11-15)31(23,28)29/h5-8,13,16-17,19H,9-12,14-15,18H2,1-4H3,(H,34,35,36);4-10,15,20H,11-14,16-19H2,1-3H3,(H,29,30,31);4-10,15,19,31H,11-14,16-18H2,1-3H3,(H,28,29,30);3-9,11,24H,2,10,12-14H2,1H3,(H2,23,28,29)(H,25,26,27). The van der Waals surface area contributed by atoms with Crippen LogP contribution in [0.1, 0.15) is 181 Å². The normalized spacial score (nSPS) is 15.3. The molecular formula is C107H129ClF2N20O12S4. The highest BCUT2D eigenvalue weighted by atomic mass is 35.5. The van der Waals surface area contributed by atoms with Gasteiger partial charge >= 0.3 is 0 Å². The smallest absolute Gasteiger partial charge is 0.240 e. The zero-order chi connectivity index (χ0) is 104. The van der Waals surface area contributed by atoms with Gasteiger partial charge in [-0.15, -0.1) is 0 Å². The van der Waals surface area contributed by atoms with E-state index in [9.17, 15) is 47.2 Å². The molecular weight excluding hydrogens is 1960 g/mol. The molecule has 0 bridgehead atoms. The van der Waals surface area contributed by atoms with Crippen molar-refractivity contribution in [1.82, 2.24) is 59.3 Å². The average molecular weight is 2090 g/mol. The summed E-state index contributed by atoms with van der Waals surface area (Å²) in [7, 11) is -7.62. The van der Waals surface area contributed by atoms with Crippen molar-refractivity contribution in [2.45, 2.75) is 184 Å². The van der Waals surface area contributed by atoms with Crippen LogP contribution in [0.4, 0.5) is 72.4 Å². The molecule has 39 heteroatoms. The van der Waals surface area contributed by atoms with Crippen molar-refractivity contribution in [2.75, 3.05) is 130 Å². The first-order chi connectivity index (χ1) is 69.7. The number of ketones is 1. The Labute approximate surface area is 860 Å². The molecule has 0 radical (unpaired) electrons. The number of halogens is 3. The SMILES string of the molecule is CC(C)NS(=O)(=O)c1cccc(Cc2nc(Nc3ccc(N4CCN(C)CC4)cc3)nc3c2COC3)c1.CC(C)S(=O)(=O)Cc1cccc(Cc2nc(Nc3ccc(N4CCN(C)CC4)cc3)nc3c2COC3)c1.CCCNc1ccc(Nc2nc3c(c(Cc4cccc(S(N)(=O)=O)c4)n2)COC3)cc1.CN1CCC(CC(=O)c2ccc(Nc3ncc(F)c(Cc4ccc(Cl)c(CS(=O)(=O)C(C)(C)C)c4)n3)cc2F)CC1. The molecule has 0 aliphatic carbocycles. The number of nitrogens with one attached hydrogen (secondary N) is 6. The number of rotatable bonds is 33. The van der Waals surface area contributed by atoms with Gasteiger partial charge in [-0.2, -0.15) is 0 Å². The molecule has 0 unspecified atom stereocenters. The van der Waals surface area contributed by atoms with Crippen LogP contribution in [-0.4, -0.2) is 203 Å². The monoisotopic (exact) mass is 2090 g/mol. The summed E-state index contributed by atoms with van der Waals surface area (Å²) >= 11 is 6.27. The molecule has 3 saturated heterocycles. The van der Waals surface area contributed by atoms with Crippen LogP contribution in [0, 0.1) is 17.6 Å². The lowest BCUT2D eigenvalue weighted by atomic mass is 9.90. The van der Waals surface area contributed by atoms with Crippen molar-refractivity contribution in [1.29, 1.82) is 0 Å². The van der Waals surface area contributed by atoms with Crippen molar-refractivity contribution in [3.8, 4) is 0 Å². The molecule has 0 saturated carbocycles. The van der Waals surface area contributed by atoms with Gasteiger partial charge in [0.1, 0.15) is 5.82 Å². The van der Waals surface area contributed by atoms with Crippen LogP contribution < -0.4 is 46.2 Å². The maximum Gasteiger partial charge on any atom is 0.240 e. The maximum atomic E-state index is 14.9. The van der Waals surface area contributed by atoms with Crippen LogP contribution in [0.25, 0.3) is 0 Å². The van der Waals surface area contributed by atoms with E-state index in [1.54, 1.807) is 103 Å². The van der Waals surface area contributed by atoms with Gasteiger partial charge < -0.3 is 65.3 Å². The van der Waals surface area contributed by atoms with Crippen LogP contribution in [0.15, 0.2) is 198 Å². The van der Waals surface area contributed by atoms with Gasteiger partial charge in [0.2, 0.25) is 43.8 Å². The van der Waals surface area contributed by atoms with Gasteiger partial charge in [0.25, 0.3) is 0 Å². The van der Waals surface area contributed by atoms with Crippen LogP contribution in [0.3, 0.4) is 0 Å². The zero-order valence-electron chi connectivity index (χ0n) is 84.3. The number of likely N-dealkylation sites (tertiary alicyclic amines) is 1. The number of likely N-dealkylation sites (N-methyl/N-ethyl adjacent to an activating group) is 2. The molecule has 10 heterocycles. The first kappa shape index (κ1) is 108. The van der Waals surface area contributed by atoms with Gasteiger partial charge in [0.15, 0.2) is 31.3 Å². The Bertz CT molecular complexity index is 7100. The molecule has 18 rings (SSSR count). The number of piperazine rings is 2. The quantitative estimate of drug-likeness (QED) is 0.0188. The lowest BCUT2D eigenvalue weighted by Gasteiger charge is -2.34. The summed E-state index contributed by atoms with van der Waals surface area (Å²) in [6.07, 6.45) is 5.80. The number of sulfone groups is 2. The number of nitrogens with two attached hydrogens (primary N) is 1. The minimum Gasteiger partial charge on any atom is -0.385 e. The van der Waals surface area contributed by atoms with Gasteiger partial charge in [0.05, 0.1) is 123 Å². The molecule has 4 aromatic heterocycles. The topological polar surface area (TPSA) is 399 Å². The minimum atomic E-state index is -3.76. The summed E-state index contributed by atoms with van der Waals surface area (Å²) in [5.41, 5.74) is 19.3. The van der Waals surface area contributed by atoms with Crippen molar-refractivity contribution in [2.24, 2.45) is 11.1 Å². The van der Waals surface area contributed by atoms with Crippen molar-refractivity contribution >= 4 is 121 Å². The summed E-state index contributed by atoms with van der Waals surface area (Å²) in [5.74, 6) is 0.131. The molecule has 6 aliphatic rings. The number of hydrogen-bond acceptors (Lipinski definition) is 30. The minimum absolute atomic E-state index is 0.0421. The van der Waals surface area contributed by atoms with Crippen LogP contribution in [-0.2, 0) is 131 Å². The second-order valence-corrected chi connectivity index (χ2v) is 48.2. The average Bonchev–Trinajstić information content (AvgIpc) is 1.62. The molecule has 32 nitrogen and oxygen atoms in total. The van der Waals surface area contributed by atoms with E-state index in [4.69, 9.17) is 55.9 Å². The first-order valence-electron chi connectivity index (χ1n) is 49.1. The van der Waals surface area contributed by atoms with Crippen molar-refractivity contribution in [3.63, 3.8) is 0 Å². The molecule has 0 atom stereocenters. The number of sulfonamides is 2. The molecule has 0 amide bonds. The summed E-state index contributed by atoms with van der Waals surface area (Å²) in [5, 5.41) is 21.4. The number of carbonyl (C=O) groups is 1. The van der Waals surface area contributed by atoms with E-state index >= 15 is 0 Å². The number of fused-ring (bicyclic) bond motifs is 3. The summed E-state index contributed by atoms with van der Waals surface area (Å²) < 4.78 is 147. The maximum absolute atomic E-state index is 14.9. The highest BCUT2D eigenvalue weighted by molar-refractivity contribution is 7.92. The molecule has 774 valence electrons. The fourth-order valence-corrected chi connectivity index (χ4v) is 21.6. The fraction of sp³-hybridized carbons (Fsp3) is 0.393. The second kappa shape index (κ2) is 48.3. The third kappa shape index (κ3) is 29.5. The van der Waals surface area contributed by atoms with Gasteiger partial charge in [-0.05, 0) is 263 Å². The zero-order valence-corrected chi connectivity index (χ0v) is 88.3. The van der Waals surface area contributed by atoms with Gasteiger partial charge in [-0.3, -0.25) is 4.79 Å². The molecule has 3 fully saturated rings. The Hall–Kier alpha value is -12.0. The number of benzene rings is 8. The largest absolute Gasteiger partial charge is 0.385 e. The van der Waals surface area contributed by atoms with E-state index in [2.05, 4.69) is 140 Å². The Morgan fingerprint density at radius 1 is 0.466 bits per heavy atom. The molecule has 8 aromatic carbocycles. The van der Waals surface area contributed by atoms with Crippen LogP contribution >= 0.6 is 11.6 Å². The Morgan fingerprint density at radius 2 is 0.890 bits per heavy atom. The Balaban J connectivity index is 0.000000147. The van der Waals surface area contributed by atoms with Crippen LogP contribution in [0.2, 0.25) is 5.02 Å². The predicted octanol–water partition coefficient (Wildman–Crippen LogP) is 16.9. The lowest BCUT2D eigenvalue weighted by Crippen LogP contribution is -2.44. The van der Waals surface area contributed by atoms with Gasteiger partial charge in [-0.1, -0.05) is 79.2 Å². The number of piperidine rings is 1. The number of ether oxygens (including phenoxy) is 3. The summed E-state index contributed by atoms with van der Waals surface area (Å²) in [4.78, 5) is 61.4. The van der Waals surface area contributed by atoms with E-state index < -0.39 is 61.4 Å². The Morgan fingerprint density at radius 3 is 1.36 bits per heavy atom. The predicted molar refractivity (Wildman–Crippen MR) is 569 cm³/mol. The third-order valence-corrected chi connectivity index (χ3v) is 33.8. The van der Waals surface area contributed by atoms with Crippen molar-refractivity contribution < 1.29 is 61.5 Å². The lowest BCUT2D eigenvalue weighted by molar-refractivity contribution is 0.0932. The van der Waals surface area contributed by atoms with E-state index in [1.165, 1.54) is 29.6 Å². The van der Waals surface area contributed by atoms with Gasteiger partial charge in [-0.25, -0.2) is 92.2 Å². The van der Waals surface area contributed by atoms with E-state index in [0.29, 0.717) is 105 Å². The molecule has 8 N–H and O–H groups in total. The highest BCUT2D eigenvalue weighted by Gasteiger charge is 2.33. The second-order valence-electron chi connectivity index (χ2n) is 39.3. The highest BCUT2D eigenvalue weighted by Crippen LogP contribution is 2.36. The molecule has 12 aromatic rings.